The smallest absolute Gasteiger partial charge is 0.341 e. The van der Waals surface area contributed by atoms with Gasteiger partial charge in [0, 0.05) is 0 Å². The van der Waals surface area contributed by atoms with Gasteiger partial charge in [-0.15, -0.1) is 0 Å². The number of esters is 1. The lowest BCUT2D eigenvalue weighted by atomic mass is 10.1. The van der Waals surface area contributed by atoms with E-state index < -0.39 is 0 Å². The molecule has 0 heterocycles. The first-order valence-corrected chi connectivity index (χ1v) is 8.59. The molecule has 0 unspecified atom stereocenters. The van der Waals surface area contributed by atoms with E-state index in [1.165, 1.54) is 38.5 Å². The minimum atomic E-state index is -0.308. The van der Waals surface area contributed by atoms with Crippen LogP contribution in [-0.2, 0) is 4.74 Å². The van der Waals surface area contributed by atoms with Gasteiger partial charge in [-0.1, -0.05) is 51.5 Å². The van der Waals surface area contributed by atoms with E-state index in [4.69, 9.17) is 9.47 Å². The molecule has 124 valence electrons. The molecule has 1 rings (SSSR count). The average molecular weight is 306 g/mol. The summed E-state index contributed by atoms with van der Waals surface area (Å²) in [4.78, 5) is 11.9. The van der Waals surface area contributed by atoms with E-state index in [9.17, 15) is 4.79 Å². The van der Waals surface area contributed by atoms with Crippen LogP contribution in [0.2, 0.25) is 0 Å². The summed E-state index contributed by atoms with van der Waals surface area (Å²) < 4.78 is 10.9. The zero-order chi connectivity index (χ0) is 16.2. The Labute approximate surface area is 135 Å². The van der Waals surface area contributed by atoms with Crippen LogP contribution >= 0.6 is 0 Å². The molecule has 0 fully saturated rings. The number of rotatable bonds is 11. The Morgan fingerprint density at radius 2 is 1.68 bits per heavy atom. The van der Waals surface area contributed by atoms with E-state index in [-0.39, 0.29) is 5.97 Å². The van der Waals surface area contributed by atoms with E-state index in [1.807, 2.05) is 26.0 Å². The van der Waals surface area contributed by atoms with Crippen molar-refractivity contribution in [2.24, 2.45) is 0 Å². The normalized spacial score (nSPS) is 10.5. The summed E-state index contributed by atoms with van der Waals surface area (Å²) in [6.07, 6.45) is 8.75. The van der Waals surface area contributed by atoms with Gasteiger partial charge in [-0.25, -0.2) is 4.79 Å². The molecule has 0 aromatic heterocycles. The number of ether oxygens (including phenoxy) is 2. The molecule has 0 radical (unpaired) electrons. The standard InChI is InChI=1S/C19H30O3/c1-4-6-7-8-9-10-11-14-22-18-15-16(3)12-13-17(18)19(20)21-5-2/h12-13,15H,4-11,14H2,1-3H3. The highest BCUT2D eigenvalue weighted by atomic mass is 16.5. The number of hydrogen-bond donors (Lipinski definition) is 0. The first-order valence-electron chi connectivity index (χ1n) is 8.59. The molecule has 0 saturated carbocycles. The van der Waals surface area contributed by atoms with E-state index in [1.54, 1.807) is 6.07 Å². The minimum Gasteiger partial charge on any atom is -0.493 e. The summed E-state index contributed by atoms with van der Waals surface area (Å²) in [5.74, 6) is 0.335. The molecule has 1 aromatic carbocycles. The number of hydrogen-bond acceptors (Lipinski definition) is 3. The minimum absolute atomic E-state index is 0.308. The molecule has 0 saturated heterocycles. The molecule has 3 heteroatoms. The first-order chi connectivity index (χ1) is 10.7. The summed E-state index contributed by atoms with van der Waals surface area (Å²) in [6.45, 7) is 7.07. The molecule has 0 amide bonds. The Kier molecular flexibility index (Phi) is 9.36. The lowest BCUT2D eigenvalue weighted by molar-refractivity contribution is 0.0521. The van der Waals surface area contributed by atoms with Gasteiger partial charge in [0.1, 0.15) is 11.3 Å². The fourth-order valence-corrected chi connectivity index (χ4v) is 2.37. The van der Waals surface area contributed by atoms with Gasteiger partial charge >= 0.3 is 5.97 Å². The van der Waals surface area contributed by atoms with E-state index in [0.29, 0.717) is 24.5 Å². The van der Waals surface area contributed by atoms with Crippen LogP contribution in [0.3, 0.4) is 0 Å². The van der Waals surface area contributed by atoms with E-state index in [2.05, 4.69) is 6.92 Å². The Morgan fingerprint density at radius 3 is 2.36 bits per heavy atom. The van der Waals surface area contributed by atoms with Crippen LogP contribution in [0.4, 0.5) is 0 Å². The average Bonchev–Trinajstić information content (AvgIpc) is 2.50. The first kappa shape index (κ1) is 18.5. The second-order valence-corrected chi connectivity index (χ2v) is 5.69. The topological polar surface area (TPSA) is 35.5 Å². The SMILES string of the molecule is CCCCCCCCCOc1cc(C)ccc1C(=O)OCC. The van der Waals surface area contributed by atoms with E-state index in [0.717, 1.165) is 12.0 Å². The van der Waals surface area contributed by atoms with Crippen LogP contribution in [0.1, 0.15) is 74.7 Å². The zero-order valence-corrected chi connectivity index (χ0v) is 14.3. The van der Waals surface area contributed by atoms with Crippen LogP contribution in [0.15, 0.2) is 18.2 Å². The fraction of sp³-hybridized carbons (Fsp3) is 0.632. The summed E-state index contributed by atoms with van der Waals surface area (Å²) in [6, 6.07) is 5.60. The van der Waals surface area contributed by atoms with Gasteiger partial charge < -0.3 is 9.47 Å². The van der Waals surface area contributed by atoms with Crippen molar-refractivity contribution < 1.29 is 14.3 Å². The third-order valence-electron chi connectivity index (χ3n) is 3.64. The quantitative estimate of drug-likeness (QED) is 0.411. The second kappa shape index (κ2) is 11.1. The van der Waals surface area contributed by atoms with Gasteiger partial charge in [0.2, 0.25) is 0 Å². The maximum absolute atomic E-state index is 11.9. The largest absolute Gasteiger partial charge is 0.493 e. The summed E-state index contributed by atoms with van der Waals surface area (Å²) in [5, 5.41) is 0. The Hall–Kier alpha value is -1.51. The molecule has 0 spiro atoms. The molecular formula is C19H30O3. The van der Waals surface area contributed by atoms with Crippen LogP contribution in [0.25, 0.3) is 0 Å². The zero-order valence-electron chi connectivity index (χ0n) is 14.3. The monoisotopic (exact) mass is 306 g/mol. The molecule has 0 aliphatic rings. The van der Waals surface area contributed by atoms with Crippen molar-refractivity contribution in [2.45, 2.75) is 65.7 Å². The fourth-order valence-electron chi connectivity index (χ4n) is 2.37. The van der Waals surface area contributed by atoms with Gasteiger partial charge in [0.25, 0.3) is 0 Å². The molecule has 1 aromatic rings. The number of unbranched alkanes of at least 4 members (excludes halogenated alkanes) is 6. The van der Waals surface area contributed by atoms with Gasteiger partial charge in [-0.2, -0.15) is 0 Å². The van der Waals surface area contributed by atoms with Crippen LogP contribution in [-0.4, -0.2) is 19.2 Å². The van der Waals surface area contributed by atoms with Crippen molar-refractivity contribution >= 4 is 5.97 Å². The predicted molar refractivity (Wildman–Crippen MR) is 90.6 cm³/mol. The summed E-state index contributed by atoms with van der Waals surface area (Å²) in [7, 11) is 0. The number of benzene rings is 1. The van der Waals surface area contributed by atoms with Gasteiger partial charge in [-0.05, 0) is 38.0 Å². The molecule has 0 aliphatic heterocycles. The van der Waals surface area contributed by atoms with Crippen LogP contribution < -0.4 is 4.74 Å². The maximum atomic E-state index is 11.9. The maximum Gasteiger partial charge on any atom is 0.341 e. The third kappa shape index (κ3) is 6.97. The van der Waals surface area contributed by atoms with E-state index >= 15 is 0 Å². The Balaban J connectivity index is 2.38. The second-order valence-electron chi connectivity index (χ2n) is 5.69. The van der Waals surface area contributed by atoms with Gasteiger partial charge in [0.05, 0.1) is 13.2 Å². The lowest BCUT2D eigenvalue weighted by Gasteiger charge is -2.11. The van der Waals surface area contributed by atoms with Crippen molar-refractivity contribution in [2.75, 3.05) is 13.2 Å². The van der Waals surface area contributed by atoms with Crippen molar-refractivity contribution in [3.63, 3.8) is 0 Å². The Morgan fingerprint density at radius 1 is 1.00 bits per heavy atom. The Bertz CT molecular complexity index is 440. The number of carbonyl (C=O) groups excluding carboxylic acids is 1. The van der Waals surface area contributed by atoms with Crippen molar-refractivity contribution in [1.29, 1.82) is 0 Å². The highest BCUT2D eigenvalue weighted by Crippen LogP contribution is 2.22. The van der Waals surface area contributed by atoms with Crippen molar-refractivity contribution in [3.8, 4) is 5.75 Å². The highest BCUT2D eigenvalue weighted by molar-refractivity contribution is 5.92. The predicted octanol–water partition coefficient (Wildman–Crippen LogP) is 5.30. The number of carbonyl (C=O) groups is 1. The van der Waals surface area contributed by atoms with Crippen LogP contribution in [0, 0.1) is 6.92 Å². The molecule has 0 bridgehead atoms. The lowest BCUT2D eigenvalue weighted by Crippen LogP contribution is -2.08. The highest BCUT2D eigenvalue weighted by Gasteiger charge is 2.13. The molecule has 0 aliphatic carbocycles. The molecule has 0 atom stereocenters. The van der Waals surface area contributed by atoms with Gasteiger partial charge in [-0.3, -0.25) is 0 Å². The molecule has 22 heavy (non-hydrogen) atoms. The van der Waals surface area contributed by atoms with Crippen molar-refractivity contribution in [3.05, 3.63) is 29.3 Å². The third-order valence-corrected chi connectivity index (χ3v) is 3.64. The van der Waals surface area contributed by atoms with Crippen molar-refractivity contribution in [1.82, 2.24) is 0 Å². The van der Waals surface area contributed by atoms with Gasteiger partial charge in [0.15, 0.2) is 0 Å². The number of aryl methyl sites for hydroxylation is 1. The summed E-state index contributed by atoms with van der Waals surface area (Å²) >= 11 is 0. The summed E-state index contributed by atoms with van der Waals surface area (Å²) in [5.41, 5.74) is 1.61. The van der Waals surface area contributed by atoms with Crippen LogP contribution in [0.5, 0.6) is 5.75 Å². The molecule has 3 nitrogen and oxygen atoms in total. The molecule has 0 N–H and O–H groups in total. The molecular weight excluding hydrogens is 276 g/mol.